The number of fused-ring (bicyclic) bond motifs is 1. The number of rotatable bonds is 5. The standard InChI is InChI=1S/C26H36FN5.C2H6/c1-5-18-9-12-32(16-18)24-14-22(19-7-8-26(30(4)17-19)31-10-6-11-31)28-23-15-25(29(2)3)21(27)13-20(23)24;1-2/h7-8,13-15,18,22,28H,5-6,9-12,16-17H2,1-4H3;1-2H3. The van der Waals surface area contributed by atoms with Crippen LogP contribution in [0.25, 0.3) is 5.70 Å². The van der Waals surface area contributed by atoms with Crippen LogP contribution >= 0.6 is 0 Å². The lowest BCUT2D eigenvalue weighted by atomic mass is 9.94. The van der Waals surface area contributed by atoms with Gasteiger partial charge in [0, 0.05) is 70.8 Å². The molecule has 5 nitrogen and oxygen atoms in total. The van der Waals surface area contributed by atoms with Gasteiger partial charge in [-0.25, -0.2) is 4.39 Å². The first-order valence-electron chi connectivity index (χ1n) is 13.1. The third-order valence-electron chi connectivity index (χ3n) is 7.52. The van der Waals surface area contributed by atoms with Gasteiger partial charge in [0.1, 0.15) is 11.6 Å². The predicted molar refractivity (Wildman–Crippen MR) is 142 cm³/mol. The molecule has 0 aromatic heterocycles. The summed E-state index contributed by atoms with van der Waals surface area (Å²) in [5, 5.41) is 3.73. The quantitative estimate of drug-likeness (QED) is 0.642. The topological polar surface area (TPSA) is 25.0 Å². The fraction of sp³-hybridized carbons (Fsp3) is 0.571. The number of nitrogens with one attached hydrogen (secondary N) is 1. The molecule has 2 unspecified atom stereocenters. The van der Waals surface area contributed by atoms with Gasteiger partial charge in [0.15, 0.2) is 0 Å². The summed E-state index contributed by atoms with van der Waals surface area (Å²) in [6.45, 7) is 11.6. The van der Waals surface area contributed by atoms with Crippen LogP contribution < -0.4 is 10.2 Å². The molecule has 2 saturated heterocycles. The third-order valence-corrected chi connectivity index (χ3v) is 7.52. The molecule has 34 heavy (non-hydrogen) atoms. The zero-order valence-corrected chi connectivity index (χ0v) is 21.9. The van der Waals surface area contributed by atoms with E-state index in [0.717, 1.165) is 49.9 Å². The minimum Gasteiger partial charge on any atom is -0.375 e. The highest BCUT2D eigenvalue weighted by atomic mass is 19.1. The van der Waals surface area contributed by atoms with E-state index in [1.807, 2.05) is 38.9 Å². The molecule has 0 spiro atoms. The molecule has 6 heteroatoms. The van der Waals surface area contributed by atoms with Crippen LogP contribution in [0.4, 0.5) is 15.8 Å². The van der Waals surface area contributed by atoms with Gasteiger partial charge in [0.25, 0.3) is 0 Å². The Morgan fingerprint density at radius 1 is 1.09 bits per heavy atom. The third kappa shape index (κ3) is 4.64. The first-order chi connectivity index (χ1) is 16.4. The normalized spacial score (nSPS) is 23.6. The predicted octanol–water partition coefficient (Wildman–Crippen LogP) is 5.20. The van der Waals surface area contributed by atoms with Crippen molar-refractivity contribution in [2.24, 2.45) is 5.92 Å². The van der Waals surface area contributed by atoms with E-state index in [-0.39, 0.29) is 11.9 Å². The summed E-state index contributed by atoms with van der Waals surface area (Å²) >= 11 is 0. The minimum atomic E-state index is -0.162. The van der Waals surface area contributed by atoms with Crippen LogP contribution in [0.2, 0.25) is 0 Å². The second-order valence-corrected chi connectivity index (χ2v) is 9.89. The van der Waals surface area contributed by atoms with Crippen LogP contribution in [0.15, 0.2) is 41.8 Å². The van der Waals surface area contributed by atoms with Crippen molar-refractivity contribution in [1.82, 2.24) is 14.7 Å². The van der Waals surface area contributed by atoms with Gasteiger partial charge in [-0.1, -0.05) is 33.3 Å². The summed E-state index contributed by atoms with van der Waals surface area (Å²) in [5.41, 5.74) is 5.17. The van der Waals surface area contributed by atoms with Crippen molar-refractivity contribution >= 4 is 17.1 Å². The lowest BCUT2D eigenvalue weighted by Gasteiger charge is -2.42. The van der Waals surface area contributed by atoms with Gasteiger partial charge in [-0.05, 0) is 48.6 Å². The minimum absolute atomic E-state index is 0.107. The molecule has 5 rings (SSSR count). The van der Waals surface area contributed by atoms with Crippen molar-refractivity contribution in [3.63, 3.8) is 0 Å². The maximum absolute atomic E-state index is 14.9. The summed E-state index contributed by atoms with van der Waals surface area (Å²) in [4.78, 5) is 9.13. The number of hydrogen-bond acceptors (Lipinski definition) is 5. The molecule has 0 saturated carbocycles. The molecule has 1 N–H and O–H groups in total. The Labute approximate surface area is 205 Å². The highest BCUT2D eigenvalue weighted by molar-refractivity contribution is 5.83. The Bertz CT molecular complexity index is 975. The summed E-state index contributed by atoms with van der Waals surface area (Å²) < 4.78 is 14.9. The summed E-state index contributed by atoms with van der Waals surface area (Å²) in [5.74, 6) is 1.88. The van der Waals surface area contributed by atoms with Gasteiger partial charge in [0.05, 0.1) is 11.7 Å². The zero-order valence-electron chi connectivity index (χ0n) is 21.9. The highest BCUT2D eigenvalue weighted by Gasteiger charge is 2.32. The molecule has 4 aliphatic heterocycles. The molecule has 2 atom stereocenters. The first-order valence-corrected chi connectivity index (χ1v) is 13.1. The van der Waals surface area contributed by atoms with Crippen molar-refractivity contribution < 1.29 is 4.39 Å². The van der Waals surface area contributed by atoms with E-state index in [9.17, 15) is 4.39 Å². The molecule has 0 bridgehead atoms. The average molecular weight is 468 g/mol. The fourth-order valence-corrected chi connectivity index (χ4v) is 5.36. The smallest absolute Gasteiger partial charge is 0.147 e. The van der Waals surface area contributed by atoms with Crippen molar-refractivity contribution in [2.75, 3.05) is 64.1 Å². The average Bonchev–Trinajstić information content (AvgIpc) is 3.28. The molecule has 1 aromatic rings. The molecular weight excluding hydrogens is 425 g/mol. The zero-order chi connectivity index (χ0) is 24.4. The van der Waals surface area contributed by atoms with Gasteiger partial charge < -0.3 is 24.9 Å². The summed E-state index contributed by atoms with van der Waals surface area (Å²) in [7, 11) is 5.98. The van der Waals surface area contributed by atoms with E-state index in [2.05, 4.69) is 52.2 Å². The van der Waals surface area contributed by atoms with Crippen molar-refractivity contribution in [2.45, 2.75) is 46.1 Å². The number of benzene rings is 1. The van der Waals surface area contributed by atoms with Gasteiger partial charge in [-0.3, -0.25) is 0 Å². The van der Waals surface area contributed by atoms with E-state index >= 15 is 0 Å². The highest BCUT2D eigenvalue weighted by Crippen LogP contribution is 2.40. The van der Waals surface area contributed by atoms with Crippen LogP contribution in [0, 0.1) is 11.7 Å². The molecule has 0 aliphatic carbocycles. The van der Waals surface area contributed by atoms with Crippen molar-refractivity contribution in [1.29, 1.82) is 0 Å². The number of nitrogens with zero attached hydrogens (tertiary/aromatic N) is 4. The molecule has 1 aromatic carbocycles. The van der Waals surface area contributed by atoms with Gasteiger partial charge in [-0.2, -0.15) is 0 Å². The number of likely N-dealkylation sites (N-methyl/N-ethyl adjacent to an activating group) is 1. The molecule has 0 radical (unpaired) electrons. The van der Waals surface area contributed by atoms with E-state index < -0.39 is 0 Å². The van der Waals surface area contributed by atoms with E-state index in [0.29, 0.717) is 5.69 Å². The maximum Gasteiger partial charge on any atom is 0.147 e. The summed E-state index contributed by atoms with van der Waals surface area (Å²) in [6, 6.07) is 3.81. The Balaban J connectivity index is 0.00000133. The number of anilines is 2. The number of allylic oxidation sites excluding steroid dienone is 2. The Morgan fingerprint density at radius 2 is 1.85 bits per heavy atom. The molecule has 2 fully saturated rings. The Morgan fingerprint density at radius 3 is 2.44 bits per heavy atom. The van der Waals surface area contributed by atoms with Crippen LogP contribution in [0.3, 0.4) is 0 Å². The molecular formula is C28H42FN5. The number of likely N-dealkylation sites (tertiary alicyclic amines) is 2. The van der Waals surface area contributed by atoms with Crippen LogP contribution in [0.5, 0.6) is 0 Å². The number of hydrogen-bond donors (Lipinski definition) is 1. The van der Waals surface area contributed by atoms with E-state index in [4.69, 9.17) is 0 Å². The van der Waals surface area contributed by atoms with Crippen LogP contribution in [-0.2, 0) is 0 Å². The van der Waals surface area contributed by atoms with Crippen molar-refractivity contribution in [3.8, 4) is 0 Å². The lowest BCUT2D eigenvalue weighted by Crippen LogP contribution is -2.44. The molecule has 186 valence electrons. The SMILES string of the molecule is CC.CCC1CCN(C2=CC(C3=CC=C(N4CCC4)N(C)C3)Nc3cc(N(C)C)c(F)cc32)C1. The van der Waals surface area contributed by atoms with Gasteiger partial charge in [-0.15, -0.1) is 0 Å². The molecule has 4 heterocycles. The van der Waals surface area contributed by atoms with E-state index in [1.165, 1.54) is 36.4 Å². The monoisotopic (exact) mass is 467 g/mol. The maximum atomic E-state index is 14.9. The molecule has 0 amide bonds. The van der Waals surface area contributed by atoms with E-state index in [1.54, 1.807) is 6.07 Å². The summed E-state index contributed by atoms with van der Waals surface area (Å²) in [6.07, 6.45) is 10.6. The fourth-order valence-electron chi connectivity index (χ4n) is 5.36. The Kier molecular flexibility index (Phi) is 7.44. The second kappa shape index (κ2) is 10.3. The van der Waals surface area contributed by atoms with Crippen LogP contribution in [-0.4, -0.2) is 74.6 Å². The Hall–Kier alpha value is -2.63. The largest absolute Gasteiger partial charge is 0.375 e. The van der Waals surface area contributed by atoms with Crippen molar-refractivity contribution in [3.05, 3.63) is 53.1 Å². The lowest BCUT2D eigenvalue weighted by molar-refractivity contribution is 0.170. The van der Waals surface area contributed by atoms with Gasteiger partial charge in [0.2, 0.25) is 0 Å². The van der Waals surface area contributed by atoms with Gasteiger partial charge >= 0.3 is 0 Å². The molecule has 4 aliphatic rings. The first kappa shape index (κ1) is 24.5. The number of halogens is 1. The van der Waals surface area contributed by atoms with Crippen LogP contribution in [0.1, 0.15) is 45.6 Å². The second-order valence-electron chi connectivity index (χ2n) is 9.89.